The molecule has 0 radical (unpaired) electrons. The van der Waals surface area contributed by atoms with Gasteiger partial charge in [0.1, 0.15) is 82.3 Å². The number of nitrogen functional groups attached to an aromatic ring is 2. The van der Waals surface area contributed by atoms with Crippen LogP contribution in [-0.2, 0) is 23.7 Å². The van der Waals surface area contributed by atoms with E-state index in [1.807, 2.05) is 54.6 Å². The number of rotatable bonds is 22. The Balaban J connectivity index is 0.000000193. The van der Waals surface area contributed by atoms with Gasteiger partial charge in [0.15, 0.2) is 23.0 Å². The van der Waals surface area contributed by atoms with Gasteiger partial charge in [0.05, 0.1) is 119 Å². The summed E-state index contributed by atoms with van der Waals surface area (Å²) in [4.78, 5) is 129. The van der Waals surface area contributed by atoms with Gasteiger partial charge in [-0.2, -0.15) is 0 Å². The van der Waals surface area contributed by atoms with Crippen LogP contribution < -0.4 is 77.0 Å². The predicted octanol–water partition coefficient (Wildman–Crippen LogP) is 7.40. The fourth-order valence-corrected chi connectivity index (χ4v) is 13.5. The minimum atomic E-state index is -0.975. The molecule has 678 valence electrons. The van der Waals surface area contributed by atoms with Crippen molar-refractivity contribution >= 4 is 160 Å². The van der Waals surface area contributed by atoms with Gasteiger partial charge >= 0.3 is 29.6 Å². The monoisotopic (exact) mass is 1900 g/mol. The molecule has 6 aromatic heterocycles. The number of aliphatic hydroxyl groups is 1. The number of nitrogens with zero attached hydrogens (tertiary/aromatic N) is 13. The van der Waals surface area contributed by atoms with E-state index in [9.17, 15) is 53.4 Å². The Hall–Kier alpha value is -10.4. The Morgan fingerprint density at radius 3 is 1.36 bits per heavy atom. The Morgan fingerprint density at radius 1 is 0.516 bits per heavy atom. The molecule has 128 heavy (non-hydrogen) atoms. The fourth-order valence-electron chi connectivity index (χ4n) is 12.4. The number of carbonyl (C=O) groups excluding carboxylic acids is 4. The maximum Gasteiger partial charge on any atom is 1.00 e. The number of aliphatic hydroxyl groups excluding tert-OH is 1. The van der Waals surface area contributed by atoms with Crippen LogP contribution in [0.2, 0.25) is 20.1 Å². The number of nitro benzene ring substituents is 2. The zero-order chi connectivity index (χ0) is 90.7. The number of H-pyrrole nitrogens is 3. The number of aromatic nitrogens is 10. The van der Waals surface area contributed by atoms with Gasteiger partial charge in [0.25, 0.3) is 44.8 Å². The summed E-state index contributed by atoms with van der Waals surface area (Å²) in [5.74, 6) is 0.898. The number of fused-ring (bicyclic) bond motifs is 4. The smallest absolute Gasteiger partial charge is 1.00 e. The molecule has 0 atom stereocenters. The average molecular weight is 1900 g/mol. The molecule has 0 bridgehead atoms. The van der Waals surface area contributed by atoms with Crippen LogP contribution in [0.4, 0.5) is 39.0 Å². The van der Waals surface area contributed by atoms with Crippen molar-refractivity contribution < 1.29 is 107 Å². The Labute approximate surface area is 783 Å². The quantitative estimate of drug-likeness (QED) is 0.0108. The second kappa shape index (κ2) is 52.3. The average Bonchev–Trinajstić information content (AvgIpc) is 1.68. The third kappa shape index (κ3) is 30.9. The van der Waals surface area contributed by atoms with E-state index in [1.54, 1.807) is 36.4 Å². The molecule has 5 saturated heterocycles. The molecule has 6 aromatic carbocycles. The zero-order valence-electron chi connectivity index (χ0n) is 70.0. The maximum atomic E-state index is 12.9. The number of halogens is 7. The first-order valence-electron chi connectivity index (χ1n) is 39.4. The number of hydrogen-bond acceptors (Lipinski definition) is 30. The van der Waals surface area contributed by atoms with Crippen molar-refractivity contribution in [3.05, 3.63) is 230 Å². The minimum absolute atomic E-state index is 0. The van der Waals surface area contributed by atoms with Crippen LogP contribution in [0.3, 0.4) is 0 Å². The molecular weight excluding hydrogens is 1810 g/mol. The number of morpholine rings is 4. The van der Waals surface area contributed by atoms with E-state index in [0.29, 0.717) is 64.2 Å². The van der Waals surface area contributed by atoms with Gasteiger partial charge in [0, 0.05) is 122 Å². The number of para-hydroxylation sites is 4. The van der Waals surface area contributed by atoms with Gasteiger partial charge in [-0.25, -0.2) is 29.3 Å². The first-order valence-corrected chi connectivity index (χ1v) is 41.7. The normalized spacial score (nSPS) is 14.5. The van der Waals surface area contributed by atoms with Crippen molar-refractivity contribution in [1.82, 2.24) is 68.3 Å². The zero-order valence-corrected chi connectivity index (χ0v) is 75.5. The van der Waals surface area contributed by atoms with Gasteiger partial charge in [-0.1, -0.05) is 70.7 Å². The van der Waals surface area contributed by atoms with E-state index in [0.717, 1.165) is 207 Å². The number of hydrogen-bond donors (Lipinski definition) is 8. The third-order valence-corrected chi connectivity index (χ3v) is 20.5. The molecule has 0 unspecified atom stereocenters. The number of anilines is 4. The summed E-state index contributed by atoms with van der Waals surface area (Å²) in [7, 11) is 0. The van der Waals surface area contributed by atoms with Crippen molar-refractivity contribution in [3.63, 3.8) is 0 Å². The number of benzene rings is 6. The summed E-state index contributed by atoms with van der Waals surface area (Å²) in [6, 6.07) is 32.8. The number of ether oxygens (including phenoxy) is 8. The van der Waals surface area contributed by atoms with Crippen molar-refractivity contribution in [1.29, 1.82) is 0 Å². The standard InChI is InChI=1S/C24H24ClN7O4.C12H15ClN2O4.C12H17ClN2O2.C10H2Cl2N4O4.C7H7N3.C6H3ClFNO2.C6H13NO2.C4H8O.Na.H/c25-16-13-15(36-12-9-32-7-10-35-11-8-32)5-6-17(16)28-22(33)20-21(27-14-26-20)23(34)31-24-29-18-3-1-2-4-19(18)30-24;13-11-9-10(1-2-12(11)15(16)17)19-8-5-14-3-6-18-7-4-14;13-11-9-10(1-2-12(11)14)17-8-5-15-3-6-16-7-4-15;11-7(17)3-5-10(20)16-2-14-4(8(12)18)6(16)9(19)15(5)1-13-3;8-7-9-5-3-1-2-4-6(5)10-7;7-5-3-4(8)1-2-6(5)9(10)11;8-4-1-7-2-5-9-6-3-7;1-2-4-5-3-1;;/h1-6,13-14H,7-12H2,(H,26,27)(H,28,33)(H2,29,30,31,34);1-2,9H,3-8H2;1-2,9H,3-8,14H2;1-2H;1-4H,(H3,8,9,10);1-3H;8H,1-6H2;1-4H2;;/q;;;;;;;;+1;-1. The number of nitrogens with one attached hydrogen (secondary N) is 5. The van der Waals surface area contributed by atoms with Crippen LogP contribution in [0.15, 0.2) is 150 Å². The topological polar surface area (TPSA) is 492 Å². The van der Waals surface area contributed by atoms with Crippen LogP contribution >= 0.6 is 69.6 Å². The predicted molar refractivity (Wildman–Crippen MR) is 476 cm³/mol. The molecule has 5 aliphatic rings. The van der Waals surface area contributed by atoms with Gasteiger partial charge < -0.3 is 76.2 Å². The molecule has 17 rings (SSSR count). The SMILES string of the molecule is C1CCOC1.Nc1ccc(OCCN2CCOCC2)cc1Cl.Nc1nc2ccccc2[nH]1.O=C(Cl)c1ncn2c(=O)c3c(C(=O)Cl)ncn3c(=O)c12.O=C(Nc1ccc(OCCN2CCOCC2)cc1Cl)c1nc[nH]c1C(=O)Nc1nc2ccccc2[nH]1.O=[N+]([O-])c1ccc(F)cc1Cl.O=[N+]([O-])c1ccc(OCCN2CCOCC2)cc1Cl.OCCN1CCOCC1.[H-].[Na+]. The fraction of sp³-hybridized carbons (Fsp3) is 0.346. The first-order chi connectivity index (χ1) is 61.3. The van der Waals surface area contributed by atoms with E-state index in [4.69, 9.17) is 124 Å². The van der Waals surface area contributed by atoms with Gasteiger partial charge in [0.2, 0.25) is 5.95 Å². The molecule has 47 heteroatoms. The number of β-amino-alcohol motifs (C(OH)–C–C–N with tert-alkyl or cyclic N) is 1. The number of nitro groups is 2. The largest absolute Gasteiger partial charge is 1.00 e. The van der Waals surface area contributed by atoms with E-state index < -0.39 is 49.1 Å². The third-order valence-electron chi connectivity index (χ3n) is 18.9. The van der Waals surface area contributed by atoms with E-state index in [1.165, 1.54) is 31.3 Å². The molecule has 39 nitrogen and oxygen atoms in total. The summed E-state index contributed by atoms with van der Waals surface area (Å²) in [6.07, 6.45) is 5.78. The van der Waals surface area contributed by atoms with Gasteiger partial charge in [-0.3, -0.25) is 82.7 Å². The molecule has 10 N–H and O–H groups in total. The van der Waals surface area contributed by atoms with E-state index >= 15 is 0 Å². The second-order valence-electron chi connectivity index (χ2n) is 27.5. The maximum absolute atomic E-state index is 12.9. The van der Waals surface area contributed by atoms with Crippen molar-refractivity contribution in [3.8, 4) is 17.2 Å². The van der Waals surface area contributed by atoms with Crippen LogP contribution in [-0.4, -0.2) is 277 Å². The van der Waals surface area contributed by atoms with Gasteiger partial charge in [-0.05, 0) is 103 Å². The molecule has 12 aromatic rings. The molecule has 0 aliphatic carbocycles. The summed E-state index contributed by atoms with van der Waals surface area (Å²) >= 11 is 34.0. The van der Waals surface area contributed by atoms with Gasteiger partial charge in [-0.15, -0.1) is 0 Å². The summed E-state index contributed by atoms with van der Waals surface area (Å²) in [5, 5.41) is 33.4. The second-order valence-corrected chi connectivity index (χ2v) is 29.8. The van der Waals surface area contributed by atoms with E-state index in [2.05, 4.69) is 70.1 Å². The van der Waals surface area contributed by atoms with Crippen molar-refractivity contribution in [2.45, 2.75) is 12.8 Å². The molecular formula is C81H90Cl6FN20NaO19. The number of aromatic amines is 3. The van der Waals surface area contributed by atoms with Crippen LogP contribution in [0, 0.1) is 26.0 Å². The Morgan fingerprint density at radius 2 is 0.938 bits per heavy atom. The number of nitrogens with two attached hydrogens (primary N) is 2. The number of imidazole rings is 5. The molecule has 0 spiro atoms. The van der Waals surface area contributed by atoms with Crippen LogP contribution in [0.5, 0.6) is 17.2 Å². The molecule has 11 heterocycles. The Kier molecular flexibility index (Phi) is 41.4. The Bertz CT molecular complexity index is 5630. The van der Waals surface area contributed by atoms with Crippen LogP contribution in [0.25, 0.3) is 33.1 Å². The van der Waals surface area contributed by atoms with E-state index in [-0.39, 0.29) is 98.8 Å². The molecule has 5 aliphatic heterocycles. The minimum Gasteiger partial charge on any atom is -1.00 e. The van der Waals surface area contributed by atoms with Crippen LogP contribution in [0.1, 0.15) is 56.2 Å². The molecule has 5 fully saturated rings. The molecule has 0 saturated carbocycles. The molecule has 2 amide bonds. The summed E-state index contributed by atoms with van der Waals surface area (Å²) in [6.45, 7) is 21.0. The summed E-state index contributed by atoms with van der Waals surface area (Å²) in [5.41, 5.74) is 12.1. The number of amides is 2. The first kappa shape index (κ1) is 101. The number of carbonyl (C=O) groups is 4. The van der Waals surface area contributed by atoms with Crippen molar-refractivity contribution in [2.75, 3.05) is 193 Å². The summed E-state index contributed by atoms with van der Waals surface area (Å²) < 4.78 is 56.9. The van der Waals surface area contributed by atoms with Crippen molar-refractivity contribution in [2.24, 2.45) is 0 Å².